The predicted octanol–water partition coefficient (Wildman–Crippen LogP) is 5.44. The van der Waals surface area contributed by atoms with Crippen LogP contribution in [0.3, 0.4) is 0 Å². The van der Waals surface area contributed by atoms with Crippen LogP contribution in [0.5, 0.6) is 0 Å². The van der Waals surface area contributed by atoms with E-state index in [0.717, 1.165) is 29.8 Å². The second-order valence-corrected chi connectivity index (χ2v) is 8.23. The fourth-order valence-electron chi connectivity index (χ4n) is 4.13. The number of fused-ring (bicyclic) bond motifs is 1. The normalized spacial score (nSPS) is 12.8. The Morgan fingerprint density at radius 3 is 1.52 bits per heavy atom. The van der Waals surface area contributed by atoms with Crippen molar-refractivity contribution < 1.29 is 9.59 Å². The van der Waals surface area contributed by atoms with Crippen molar-refractivity contribution in [3.8, 4) is 11.1 Å². The molecule has 0 spiro atoms. The van der Waals surface area contributed by atoms with Crippen molar-refractivity contribution in [1.29, 1.82) is 0 Å². The highest BCUT2D eigenvalue weighted by Gasteiger charge is 2.34. The first kappa shape index (κ1) is 20.9. The van der Waals surface area contributed by atoms with Gasteiger partial charge in [0.15, 0.2) is 0 Å². The Morgan fingerprint density at radius 1 is 0.515 bits per heavy atom. The molecular weight excluding hydrogens is 408 g/mol. The number of rotatable bonds is 7. The number of amides is 2. The van der Waals surface area contributed by atoms with E-state index in [2.05, 4.69) is 53.8 Å². The highest BCUT2D eigenvalue weighted by molar-refractivity contribution is 6.21. The van der Waals surface area contributed by atoms with Gasteiger partial charge >= 0.3 is 0 Å². The molecule has 4 aromatic rings. The average molecular weight is 433 g/mol. The molecule has 162 valence electrons. The van der Waals surface area contributed by atoms with Gasteiger partial charge < -0.3 is 5.32 Å². The molecule has 2 amide bonds. The Morgan fingerprint density at radius 2 is 0.970 bits per heavy atom. The second-order valence-electron chi connectivity index (χ2n) is 8.23. The fourth-order valence-corrected chi connectivity index (χ4v) is 4.13. The molecule has 0 unspecified atom stereocenters. The molecule has 0 fully saturated rings. The molecule has 4 heteroatoms. The Hall–Kier alpha value is -4.02. The van der Waals surface area contributed by atoms with Gasteiger partial charge in [0, 0.05) is 13.1 Å². The number of hydrogen-bond acceptors (Lipinski definition) is 3. The van der Waals surface area contributed by atoms with Gasteiger partial charge in [-0.15, -0.1) is 0 Å². The van der Waals surface area contributed by atoms with Crippen molar-refractivity contribution in [2.45, 2.75) is 19.6 Å². The van der Waals surface area contributed by atoms with E-state index < -0.39 is 0 Å². The summed E-state index contributed by atoms with van der Waals surface area (Å²) in [5, 5.41) is 3.47. The molecule has 33 heavy (non-hydrogen) atoms. The molecule has 0 saturated heterocycles. The Balaban J connectivity index is 1.20. The lowest BCUT2D eigenvalue weighted by atomic mass is 10.0. The first-order valence-electron chi connectivity index (χ1n) is 11.1. The number of nitrogens with zero attached hydrogens (tertiary/aromatic N) is 1. The predicted molar refractivity (Wildman–Crippen MR) is 130 cm³/mol. The van der Waals surface area contributed by atoms with Gasteiger partial charge in [-0.3, -0.25) is 14.5 Å². The summed E-state index contributed by atoms with van der Waals surface area (Å²) in [7, 11) is 0. The van der Waals surface area contributed by atoms with E-state index in [1.54, 1.807) is 24.3 Å². The molecule has 1 heterocycles. The van der Waals surface area contributed by atoms with Gasteiger partial charge in [-0.2, -0.15) is 0 Å². The third-order valence-corrected chi connectivity index (χ3v) is 5.96. The third kappa shape index (κ3) is 4.47. The third-order valence-electron chi connectivity index (χ3n) is 5.96. The maximum Gasteiger partial charge on any atom is 0.261 e. The highest BCUT2D eigenvalue weighted by atomic mass is 16.2. The molecule has 0 atom stereocenters. The lowest BCUT2D eigenvalue weighted by Crippen LogP contribution is -2.29. The Labute approximate surface area is 193 Å². The minimum absolute atomic E-state index is 0.226. The number of hydrogen-bond donors (Lipinski definition) is 1. The zero-order chi connectivity index (χ0) is 22.6. The molecule has 4 nitrogen and oxygen atoms in total. The van der Waals surface area contributed by atoms with E-state index in [1.165, 1.54) is 16.0 Å². The van der Waals surface area contributed by atoms with Crippen LogP contribution in [0, 0.1) is 0 Å². The van der Waals surface area contributed by atoms with E-state index in [0.29, 0.717) is 11.1 Å². The average Bonchev–Trinajstić information content (AvgIpc) is 3.11. The fraction of sp³-hybridized carbons (Fsp3) is 0.103. The summed E-state index contributed by atoms with van der Waals surface area (Å²) in [6.45, 7) is 1.93. The minimum Gasteiger partial charge on any atom is -0.309 e. The van der Waals surface area contributed by atoms with Crippen molar-refractivity contribution in [1.82, 2.24) is 10.2 Å². The zero-order valence-corrected chi connectivity index (χ0v) is 18.2. The maximum absolute atomic E-state index is 12.6. The number of carbonyl (C=O) groups is 2. The van der Waals surface area contributed by atoms with Gasteiger partial charge in [-0.25, -0.2) is 0 Å². The van der Waals surface area contributed by atoms with E-state index in [9.17, 15) is 9.59 Å². The topological polar surface area (TPSA) is 49.4 Å². The van der Waals surface area contributed by atoms with Crippen LogP contribution in [0.2, 0.25) is 0 Å². The van der Waals surface area contributed by atoms with E-state index >= 15 is 0 Å². The van der Waals surface area contributed by atoms with Gasteiger partial charge in [0.25, 0.3) is 11.8 Å². The van der Waals surface area contributed by atoms with E-state index in [-0.39, 0.29) is 18.4 Å². The molecule has 1 aliphatic heterocycles. The van der Waals surface area contributed by atoms with Crippen molar-refractivity contribution in [2.75, 3.05) is 0 Å². The van der Waals surface area contributed by atoms with Crippen LogP contribution in [0.1, 0.15) is 37.4 Å². The molecule has 1 N–H and O–H groups in total. The molecular formula is C29H24N2O2. The molecule has 0 aromatic heterocycles. The van der Waals surface area contributed by atoms with Crippen LogP contribution >= 0.6 is 0 Å². The van der Waals surface area contributed by atoms with Crippen LogP contribution < -0.4 is 5.32 Å². The molecule has 0 aliphatic carbocycles. The second kappa shape index (κ2) is 9.23. The SMILES string of the molecule is O=C1c2ccccc2C(=O)N1Cc1ccc(-c2ccc(CNCc3ccccc3)cc2)cc1. The largest absolute Gasteiger partial charge is 0.309 e. The molecule has 1 aliphatic rings. The van der Waals surface area contributed by atoms with Gasteiger partial charge in [0.2, 0.25) is 0 Å². The number of imide groups is 1. The standard InChI is InChI=1S/C29H24N2O2/c32-28-26-8-4-5-9-27(26)29(33)31(28)20-23-12-16-25(17-13-23)24-14-10-22(11-15-24)19-30-18-21-6-2-1-3-7-21/h1-17,30H,18-20H2. The first-order chi connectivity index (χ1) is 16.2. The van der Waals surface area contributed by atoms with Gasteiger partial charge in [-0.05, 0) is 39.9 Å². The Bertz CT molecular complexity index is 1240. The van der Waals surface area contributed by atoms with Crippen LogP contribution in [0.25, 0.3) is 11.1 Å². The summed E-state index contributed by atoms with van der Waals surface area (Å²) < 4.78 is 0. The summed E-state index contributed by atoms with van der Waals surface area (Å²) in [5.74, 6) is -0.452. The van der Waals surface area contributed by atoms with Crippen molar-refractivity contribution in [3.63, 3.8) is 0 Å². The monoisotopic (exact) mass is 432 g/mol. The van der Waals surface area contributed by atoms with Gasteiger partial charge in [-0.1, -0.05) is 91.0 Å². The molecule has 4 aromatic carbocycles. The zero-order valence-electron chi connectivity index (χ0n) is 18.2. The van der Waals surface area contributed by atoms with Crippen molar-refractivity contribution in [2.24, 2.45) is 0 Å². The summed E-state index contributed by atoms with van der Waals surface area (Å²) in [5.41, 5.74) is 6.64. The maximum atomic E-state index is 12.6. The molecule has 0 saturated carbocycles. The van der Waals surface area contributed by atoms with Gasteiger partial charge in [0.1, 0.15) is 0 Å². The summed E-state index contributed by atoms with van der Waals surface area (Å²) in [4.78, 5) is 26.5. The van der Waals surface area contributed by atoms with E-state index in [1.807, 2.05) is 30.3 Å². The summed E-state index contributed by atoms with van der Waals surface area (Å²) in [6, 6.07) is 33.9. The smallest absolute Gasteiger partial charge is 0.261 e. The molecule has 0 bridgehead atoms. The highest BCUT2D eigenvalue weighted by Crippen LogP contribution is 2.26. The Kier molecular flexibility index (Phi) is 5.83. The van der Waals surface area contributed by atoms with Crippen LogP contribution in [0.4, 0.5) is 0 Å². The number of carbonyl (C=O) groups excluding carboxylic acids is 2. The lowest BCUT2D eigenvalue weighted by molar-refractivity contribution is 0.0642. The van der Waals surface area contributed by atoms with E-state index in [4.69, 9.17) is 0 Å². The molecule has 5 rings (SSSR count). The van der Waals surface area contributed by atoms with Crippen molar-refractivity contribution >= 4 is 11.8 Å². The van der Waals surface area contributed by atoms with Crippen LogP contribution in [-0.4, -0.2) is 16.7 Å². The van der Waals surface area contributed by atoms with Crippen molar-refractivity contribution in [3.05, 3.63) is 131 Å². The quantitative estimate of drug-likeness (QED) is 0.396. The lowest BCUT2D eigenvalue weighted by Gasteiger charge is -2.14. The number of benzene rings is 4. The minimum atomic E-state index is -0.226. The first-order valence-corrected chi connectivity index (χ1v) is 11.1. The van der Waals surface area contributed by atoms with Gasteiger partial charge in [0.05, 0.1) is 17.7 Å². The molecule has 0 radical (unpaired) electrons. The summed E-state index contributed by atoms with van der Waals surface area (Å²) in [6.07, 6.45) is 0. The van der Waals surface area contributed by atoms with Crippen LogP contribution in [-0.2, 0) is 19.6 Å². The number of nitrogens with one attached hydrogen (secondary N) is 1. The summed E-state index contributed by atoms with van der Waals surface area (Å²) >= 11 is 0. The van der Waals surface area contributed by atoms with Crippen LogP contribution in [0.15, 0.2) is 103 Å².